The molecule has 1 saturated carbocycles. The van der Waals surface area contributed by atoms with Crippen molar-refractivity contribution in [3.05, 3.63) is 16.8 Å². The van der Waals surface area contributed by atoms with E-state index in [1.165, 1.54) is 25.7 Å². The van der Waals surface area contributed by atoms with Gasteiger partial charge in [0.05, 0.1) is 6.33 Å². The van der Waals surface area contributed by atoms with E-state index in [4.69, 9.17) is 23.2 Å². The largest absolute Gasteiger partial charge is 0.326 e. The highest BCUT2D eigenvalue weighted by atomic mass is 35.5. The first-order valence-electron chi connectivity index (χ1n) is 6.67. The van der Waals surface area contributed by atoms with Crippen LogP contribution < -0.4 is 0 Å². The van der Waals surface area contributed by atoms with Gasteiger partial charge < -0.3 is 4.57 Å². The van der Waals surface area contributed by atoms with Crippen LogP contribution in [0.25, 0.3) is 11.2 Å². The Labute approximate surface area is 122 Å². The summed E-state index contributed by atoms with van der Waals surface area (Å²) in [4.78, 5) is 12.4. The van der Waals surface area contributed by atoms with Gasteiger partial charge in [-0.2, -0.15) is 4.98 Å². The van der Waals surface area contributed by atoms with Crippen molar-refractivity contribution in [2.75, 3.05) is 0 Å². The summed E-state index contributed by atoms with van der Waals surface area (Å²) in [6.45, 7) is 3.27. The van der Waals surface area contributed by atoms with Gasteiger partial charge in [0.25, 0.3) is 0 Å². The standard InChI is InChI=1S/C13H16Cl2N4/c1-8-2-4-9(5-3-8)6-19-7-16-12-10(19)11(14)17-13(15)18-12/h7-9H,2-6H2,1H3/t8-,9-. The molecule has 3 rings (SSSR count). The molecule has 2 heterocycles. The molecule has 1 aliphatic carbocycles. The minimum absolute atomic E-state index is 0.147. The van der Waals surface area contributed by atoms with Crippen LogP contribution in [0.2, 0.25) is 10.4 Å². The van der Waals surface area contributed by atoms with Gasteiger partial charge >= 0.3 is 0 Å². The number of halogens is 2. The third-order valence-corrected chi connectivity index (χ3v) is 4.43. The van der Waals surface area contributed by atoms with Crippen molar-refractivity contribution in [1.29, 1.82) is 0 Å². The summed E-state index contributed by atoms with van der Waals surface area (Å²) in [5, 5.41) is 0.533. The smallest absolute Gasteiger partial charge is 0.225 e. The highest BCUT2D eigenvalue weighted by Crippen LogP contribution is 2.30. The molecule has 0 aliphatic heterocycles. The predicted octanol–water partition coefficient (Wildman–Crippen LogP) is 3.96. The van der Waals surface area contributed by atoms with Gasteiger partial charge in [-0.15, -0.1) is 0 Å². The molecule has 2 aromatic rings. The lowest BCUT2D eigenvalue weighted by Gasteiger charge is -2.26. The van der Waals surface area contributed by atoms with Gasteiger partial charge in [-0.1, -0.05) is 31.4 Å². The maximum absolute atomic E-state index is 6.15. The molecule has 0 spiro atoms. The fourth-order valence-corrected chi connectivity index (χ4v) is 3.32. The van der Waals surface area contributed by atoms with Crippen LogP contribution in [0.15, 0.2) is 6.33 Å². The van der Waals surface area contributed by atoms with Crippen LogP contribution in [0.1, 0.15) is 32.6 Å². The molecule has 0 atom stereocenters. The minimum atomic E-state index is 0.147. The molecule has 1 fully saturated rings. The van der Waals surface area contributed by atoms with Crippen LogP contribution >= 0.6 is 23.2 Å². The maximum atomic E-state index is 6.15. The van der Waals surface area contributed by atoms with Crippen molar-refractivity contribution in [1.82, 2.24) is 19.5 Å². The van der Waals surface area contributed by atoms with Crippen molar-refractivity contribution in [2.45, 2.75) is 39.2 Å². The molecule has 0 unspecified atom stereocenters. The van der Waals surface area contributed by atoms with Crippen LogP contribution in [-0.4, -0.2) is 19.5 Å². The van der Waals surface area contributed by atoms with Gasteiger partial charge in [0.1, 0.15) is 5.52 Å². The van der Waals surface area contributed by atoms with E-state index in [0.29, 0.717) is 16.7 Å². The molecular weight excluding hydrogens is 283 g/mol. The van der Waals surface area contributed by atoms with E-state index in [1.54, 1.807) is 6.33 Å². The van der Waals surface area contributed by atoms with Crippen molar-refractivity contribution < 1.29 is 0 Å². The molecule has 0 amide bonds. The summed E-state index contributed by atoms with van der Waals surface area (Å²) in [5.74, 6) is 1.56. The molecular formula is C13H16Cl2N4. The Balaban J connectivity index is 1.85. The summed E-state index contributed by atoms with van der Waals surface area (Å²) in [6.07, 6.45) is 6.96. The zero-order valence-electron chi connectivity index (χ0n) is 10.8. The molecule has 4 nitrogen and oxygen atoms in total. The zero-order chi connectivity index (χ0) is 13.4. The van der Waals surface area contributed by atoms with E-state index in [1.807, 2.05) is 0 Å². The lowest BCUT2D eigenvalue weighted by Crippen LogP contribution is -2.17. The van der Waals surface area contributed by atoms with Gasteiger partial charge in [0.15, 0.2) is 10.8 Å². The predicted molar refractivity (Wildman–Crippen MR) is 76.5 cm³/mol. The van der Waals surface area contributed by atoms with Gasteiger partial charge in [0.2, 0.25) is 5.28 Å². The molecule has 1 aliphatic rings. The number of hydrogen-bond acceptors (Lipinski definition) is 3. The third-order valence-electron chi connectivity index (χ3n) is 3.99. The van der Waals surface area contributed by atoms with Gasteiger partial charge in [-0.05, 0) is 36.3 Å². The van der Waals surface area contributed by atoms with Crippen LogP contribution in [0.4, 0.5) is 0 Å². The number of hydrogen-bond donors (Lipinski definition) is 0. The minimum Gasteiger partial charge on any atom is -0.326 e. The SMILES string of the molecule is C[C@H]1CC[C@H](Cn2cnc3nc(Cl)nc(Cl)c32)CC1. The molecule has 0 N–H and O–H groups in total. The zero-order valence-corrected chi connectivity index (χ0v) is 12.3. The summed E-state index contributed by atoms with van der Waals surface area (Å²) in [7, 11) is 0. The summed E-state index contributed by atoms with van der Waals surface area (Å²) in [5.41, 5.74) is 1.37. The van der Waals surface area contributed by atoms with E-state index in [2.05, 4.69) is 26.4 Å². The first kappa shape index (κ1) is 13.1. The van der Waals surface area contributed by atoms with Gasteiger partial charge in [-0.25, -0.2) is 9.97 Å². The maximum Gasteiger partial charge on any atom is 0.225 e. The van der Waals surface area contributed by atoms with E-state index in [-0.39, 0.29) is 5.28 Å². The second kappa shape index (κ2) is 5.25. The van der Waals surface area contributed by atoms with Crippen molar-refractivity contribution in [2.24, 2.45) is 11.8 Å². The Bertz CT molecular complexity index is 588. The molecule has 0 bridgehead atoms. The second-order valence-corrected chi connectivity index (χ2v) is 6.17. The lowest BCUT2D eigenvalue weighted by atomic mass is 9.83. The Hall–Kier alpha value is -0.870. The average molecular weight is 299 g/mol. The quantitative estimate of drug-likeness (QED) is 0.622. The average Bonchev–Trinajstić information content (AvgIpc) is 2.75. The fourth-order valence-electron chi connectivity index (χ4n) is 2.84. The number of rotatable bonds is 2. The Morgan fingerprint density at radius 3 is 2.68 bits per heavy atom. The van der Waals surface area contributed by atoms with Crippen LogP contribution in [0.3, 0.4) is 0 Å². The molecule has 0 radical (unpaired) electrons. The summed E-state index contributed by atoms with van der Waals surface area (Å²) < 4.78 is 2.06. The van der Waals surface area contributed by atoms with Gasteiger partial charge in [-0.3, -0.25) is 0 Å². The highest BCUT2D eigenvalue weighted by molar-refractivity contribution is 6.35. The van der Waals surface area contributed by atoms with Crippen molar-refractivity contribution >= 4 is 34.4 Å². The molecule has 102 valence electrons. The number of fused-ring (bicyclic) bond motifs is 1. The highest BCUT2D eigenvalue weighted by Gasteiger charge is 2.20. The van der Waals surface area contributed by atoms with Crippen LogP contribution in [0, 0.1) is 11.8 Å². The fraction of sp³-hybridized carbons (Fsp3) is 0.615. The van der Waals surface area contributed by atoms with E-state index in [0.717, 1.165) is 18.0 Å². The third kappa shape index (κ3) is 2.70. The Morgan fingerprint density at radius 2 is 1.95 bits per heavy atom. The van der Waals surface area contributed by atoms with E-state index >= 15 is 0 Å². The summed E-state index contributed by atoms with van der Waals surface area (Å²) >= 11 is 11.9. The molecule has 19 heavy (non-hydrogen) atoms. The lowest BCUT2D eigenvalue weighted by molar-refractivity contribution is 0.266. The van der Waals surface area contributed by atoms with Crippen LogP contribution in [-0.2, 0) is 6.54 Å². The Morgan fingerprint density at radius 1 is 1.21 bits per heavy atom. The van der Waals surface area contributed by atoms with E-state index < -0.39 is 0 Å². The number of aromatic nitrogens is 4. The normalized spacial score (nSPS) is 23.9. The van der Waals surface area contributed by atoms with Crippen LogP contribution in [0.5, 0.6) is 0 Å². The molecule has 0 aromatic carbocycles. The number of nitrogens with zero attached hydrogens (tertiary/aromatic N) is 4. The molecule has 6 heteroatoms. The Kier molecular flexibility index (Phi) is 3.63. The van der Waals surface area contributed by atoms with Gasteiger partial charge in [0, 0.05) is 6.54 Å². The first-order chi connectivity index (χ1) is 9.13. The van der Waals surface area contributed by atoms with E-state index in [9.17, 15) is 0 Å². The monoisotopic (exact) mass is 298 g/mol. The number of imidazole rings is 1. The molecule has 0 saturated heterocycles. The summed E-state index contributed by atoms with van der Waals surface area (Å²) in [6, 6.07) is 0. The first-order valence-corrected chi connectivity index (χ1v) is 7.43. The molecule has 2 aromatic heterocycles. The van der Waals surface area contributed by atoms with Crippen molar-refractivity contribution in [3.8, 4) is 0 Å². The van der Waals surface area contributed by atoms with Crippen molar-refractivity contribution in [3.63, 3.8) is 0 Å². The second-order valence-electron chi connectivity index (χ2n) is 5.48. The topological polar surface area (TPSA) is 43.6 Å².